The first kappa shape index (κ1) is 14.7. The Hall–Kier alpha value is -1.36. The van der Waals surface area contributed by atoms with Crippen LogP contribution in [0, 0.1) is 5.41 Å². The summed E-state index contributed by atoms with van der Waals surface area (Å²) >= 11 is 3.15. The van der Waals surface area contributed by atoms with E-state index in [2.05, 4.69) is 15.9 Å². The normalized spacial score (nSPS) is 11.8. The number of halogens is 1. The molecule has 0 aliphatic heterocycles. The van der Waals surface area contributed by atoms with E-state index in [1.807, 2.05) is 0 Å². The highest BCUT2D eigenvalue weighted by Crippen LogP contribution is 2.16. The highest BCUT2D eigenvalue weighted by atomic mass is 79.9. The van der Waals surface area contributed by atoms with Crippen LogP contribution in [0.5, 0.6) is 0 Å². The lowest BCUT2D eigenvalue weighted by Gasteiger charge is -2.15. The van der Waals surface area contributed by atoms with Gasteiger partial charge in [0.05, 0.1) is 0 Å². The van der Waals surface area contributed by atoms with Gasteiger partial charge < -0.3 is 9.15 Å². The van der Waals surface area contributed by atoms with Crippen LogP contribution >= 0.6 is 15.9 Å². The molecule has 18 heavy (non-hydrogen) atoms. The molecule has 1 rings (SSSR count). The highest BCUT2D eigenvalue weighted by Gasteiger charge is 2.21. The van der Waals surface area contributed by atoms with Crippen molar-refractivity contribution in [2.45, 2.75) is 20.8 Å². The summed E-state index contributed by atoms with van der Waals surface area (Å²) in [6, 6.07) is 3.42. The van der Waals surface area contributed by atoms with Gasteiger partial charge in [0.25, 0.3) is 0 Å². The standard InChI is InChI=1S/C13H15BrO4/c1-13(2,3)10(15)8-17-12(16)7-5-9-4-6-11(14)18-9/h4-7H,8H2,1-3H3/b7-5+. The van der Waals surface area contributed by atoms with E-state index in [0.717, 1.165) is 0 Å². The maximum Gasteiger partial charge on any atom is 0.331 e. The SMILES string of the molecule is CC(C)(C)C(=O)COC(=O)/C=C/c1ccc(Br)o1. The number of carbonyl (C=O) groups excluding carboxylic acids is 2. The van der Waals surface area contributed by atoms with E-state index >= 15 is 0 Å². The van der Waals surface area contributed by atoms with Gasteiger partial charge in [-0.3, -0.25) is 4.79 Å². The van der Waals surface area contributed by atoms with Crippen molar-refractivity contribution in [3.8, 4) is 0 Å². The van der Waals surface area contributed by atoms with Crippen LogP contribution < -0.4 is 0 Å². The number of furan rings is 1. The van der Waals surface area contributed by atoms with Crippen molar-refractivity contribution >= 4 is 33.8 Å². The predicted molar refractivity (Wildman–Crippen MR) is 70.9 cm³/mol. The summed E-state index contributed by atoms with van der Waals surface area (Å²) in [5, 5.41) is 0. The molecule has 0 aliphatic rings. The molecule has 5 heteroatoms. The van der Waals surface area contributed by atoms with Gasteiger partial charge >= 0.3 is 5.97 Å². The third-order valence-electron chi connectivity index (χ3n) is 2.16. The molecule has 0 atom stereocenters. The number of ether oxygens (including phenoxy) is 1. The van der Waals surface area contributed by atoms with Crippen molar-refractivity contribution in [2.24, 2.45) is 5.41 Å². The van der Waals surface area contributed by atoms with Crippen LogP contribution in [-0.4, -0.2) is 18.4 Å². The number of hydrogen-bond donors (Lipinski definition) is 0. The van der Waals surface area contributed by atoms with Crippen LogP contribution in [0.15, 0.2) is 27.3 Å². The molecule has 0 N–H and O–H groups in total. The fourth-order valence-electron chi connectivity index (χ4n) is 0.969. The van der Waals surface area contributed by atoms with Gasteiger partial charge in [-0.25, -0.2) is 4.79 Å². The molecule has 0 spiro atoms. The zero-order valence-electron chi connectivity index (χ0n) is 10.5. The predicted octanol–water partition coefficient (Wildman–Crippen LogP) is 3.21. The average Bonchev–Trinajstić information content (AvgIpc) is 2.67. The molecule has 0 unspecified atom stereocenters. The van der Waals surface area contributed by atoms with Crippen LogP contribution in [-0.2, 0) is 14.3 Å². The Bertz CT molecular complexity index is 466. The smallest absolute Gasteiger partial charge is 0.331 e. The number of hydrogen-bond acceptors (Lipinski definition) is 4. The number of ketones is 1. The monoisotopic (exact) mass is 314 g/mol. The summed E-state index contributed by atoms with van der Waals surface area (Å²) in [5.41, 5.74) is -0.504. The van der Waals surface area contributed by atoms with E-state index < -0.39 is 11.4 Å². The third kappa shape index (κ3) is 4.87. The molecule has 0 saturated heterocycles. The van der Waals surface area contributed by atoms with E-state index in [9.17, 15) is 9.59 Å². The van der Waals surface area contributed by atoms with Crippen molar-refractivity contribution in [3.63, 3.8) is 0 Å². The molecule has 0 aromatic carbocycles. The maximum absolute atomic E-state index is 11.5. The molecule has 1 aromatic heterocycles. The minimum Gasteiger partial charge on any atom is -0.454 e. The Kier molecular flexibility index (Phi) is 4.90. The Balaban J connectivity index is 2.43. The number of Topliss-reactive ketones (excluding diaryl/α,β-unsaturated/α-hetero) is 1. The van der Waals surface area contributed by atoms with Crippen molar-refractivity contribution in [1.82, 2.24) is 0 Å². The fraction of sp³-hybridized carbons (Fsp3) is 0.385. The first-order valence-corrected chi connectivity index (χ1v) is 6.22. The Labute approximate surface area is 114 Å². The second kappa shape index (κ2) is 6.00. The first-order valence-electron chi connectivity index (χ1n) is 5.42. The summed E-state index contributed by atoms with van der Waals surface area (Å²) in [5.74, 6) is -0.161. The second-order valence-electron chi connectivity index (χ2n) is 4.76. The lowest BCUT2D eigenvalue weighted by Crippen LogP contribution is -2.25. The van der Waals surface area contributed by atoms with Crippen LogP contribution in [0.3, 0.4) is 0 Å². The lowest BCUT2D eigenvalue weighted by molar-refractivity contribution is -0.145. The van der Waals surface area contributed by atoms with Gasteiger partial charge in [0.1, 0.15) is 5.76 Å². The number of carbonyl (C=O) groups is 2. The minimum absolute atomic E-state index is 0.120. The topological polar surface area (TPSA) is 56.5 Å². The zero-order chi connectivity index (χ0) is 13.8. The van der Waals surface area contributed by atoms with E-state index in [1.165, 1.54) is 12.2 Å². The van der Waals surface area contributed by atoms with Gasteiger partial charge in [0.15, 0.2) is 17.1 Å². The Morgan fingerprint density at radius 1 is 1.39 bits per heavy atom. The summed E-state index contributed by atoms with van der Waals surface area (Å²) < 4.78 is 10.6. The third-order valence-corrected chi connectivity index (χ3v) is 2.59. The molecule has 0 saturated carbocycles. The summed E-state index contributed by atoms with van der Waals surface area (Å²) in [7, 11) is 0. The van der Waals surface area contributed by atoms with Gasteiger partial charge in [-0.05, 0) is 34.1 Å². The van der Waals surface area contributed by atoms with E-state index in [4.69, 9.17) is 9.15 Å². The fourth-order valence-corrected chi connectivity index (χ4v) is 1.29. The largest absolute Gasteiger partial charge is 0.454 e. The highest BCUT2D eigenvalue weighted by molar-refractivity contribution is 9.10. The number of esters is 1. The van der Waals surface area contributed by atoms with E-state index in [-0.39, 0.29) is 12.4 Å². The molecular formula is C13H15BrO4. The van der Waals surface area contributed by atoms with Crippen molar-refractivity contribution in [2.75, 3.05) is 6.61 Å². The van der Waals surface area contributed by atoms with E-state index in [0.29, 0.717) is 10.4 Å². The van der Waals surface area contributed by atoms with Gasteiger partial charge in [-0.1, -0.05) is 20.8 Å². The van der Waals surface area contributed by atoms with Crippen LogP contribution in [0.2, 0.25) is 0 Å². The molecule has 0 amide bonds. The van der Waals surface area contributed by atoms with Crippen molar-refractivity contribution in [3.05, 3.63) is 28.6 Å². The zero-order valence-corrected chi connectivity index (χ0v) is 12.1. The Morgan fingerprint density at radius 2 is 2.06 bits per heavy atom. The quantitative estimate of drug-likeness (QED) is 0.632. The molecule has 1 heterocycles. The number of rotatable bonds is 4. The summed E-state index contributed by atoms with van der Waals surface area (Å²) in [6.45, 7) is 5.12. The van der Waals surface area contributed by atoms with Crippen molar-refractivity contribution < 1.29 is 18.7 Å². The molecule has 0 fully saturated rings. The van der Waals surface area contributed by atoms with Gasteiger partial charge in [-0.2, -0.15) is 0 Å². The lowest BCUT2D eigenvalue weighted by atomic mass is 9.91. The molecular weight excluding hydrogens is 300 g/mol. The van der Waals surface area contributed by atoms with Crippen LogP contribution in [0.25, 0.3) is 6.08 Å². The molecule has 0 radical (unpaired) electrons. The van der Waals surface area contributed by atoms with Gasteiger partial charge in [0, 0.05) is 11.5 Å². The molecule has 1 aromatic rings. The molecule has 0 bridgehead atoms. The van der Waals surface area contributed by atoms with Gasteiger partial charge in [0.2, 0.25) is 0 Å². The summed E-state index contributed by atoms with van der Waals surface area (Å²) in [4.78, 5) is 22.9. The molecule has 98 valence electrons. The van der Waals surface area contributed by atoms with Crippen LogP contribution in [0.1, 0.15) is 26.5 Å². The molecule has 0 aliphatic carbocycles. The maximum atomic E-state index is 11.5. The Morgan fingerprint density at radius 3 is 2.56 bits per heavy atom. The summed E-state index contributed by atoms with van der Waals surface area (Å²) in [6.07, 6.45) is 2.70. The van der Waals surface area contributed by atoms with Gasteiger partial charge in [-0.15, -0.1) is 0 Å². The molecule has 4 nitrogen and oxygen atoms in total. The second-order valence-corrected chi connectivity index (χ2v) is 5.54. The first-order chi connectivity index (χ1) is 8.29. The average molecular weight is 315 g/mol. The van der Waals surface area contributed by atoms with E-state index in [1.54, 1.807) is 32.9 Å². The van der Waals surface area contributed by atoms with Crippen LogP contribution in [0.4, 0.5) is 0 Å². The van der Waals surface area contributed by atoms with Crippen molar-refractivity contribution in [1.29, 1.82) is 0 Å². The minimum atomic E-state index is -0.569.